The van der Waals surface area contributed by atoms with Gasteiger partial charge in [-0.3, -0.25) is 0 Å². The van der Waals surface area contributed by atoms with E-state index in [2.05, 4.69) is 29.8 Å². The summed E-state index contributed by atoms with van der Waals surface area (Å²) in [6.45, 7) is 5.14. The van der Waals surface area contributed by atoms with Gasteiger partial charge in [0, 0.05) is 4.32 Å². The quantitative estimate of drug-likeness (QED) is 0.569. The second kappa shape index (κ2) is 2.90. The van der Waals surface area contributed by atoms with Gasteiger partial charge >= 0.3 is 0 Å². The number of halogens is 1. The van der Waals surface area contributed by atoms with Gasteiger partial charge in [-0.05, 0) is 73.5 Å². The molecule has 5 rings (SSSR count). The Morgan fingerprint density at radius 3 is 2.62 bits per heavy atom. The van der Waals surface area contributed by atoms with Crippen LogP contribution in [0.15, 0.2) is 0 Å². The van der Waals surface area contributed by atoms with Crippen molar-refractivity contribution in [1.82, 2.24) is 0 Å². The Morgan fingerprint density at radius 2 is 1.81 bits per heavy atom. The van der Waals surface area contributed by atoms with Crippen molar-refractivity contribution in [2.24, 2.45) is 35.0 Å². The Labute approximate surface area is 108 Å². The van der Waals surface area contributed by atoms with Crippen LogP contribution in [-0.4, -0.2) is 4.32 Å². The SMILES string of the molecule is CC1CC2C3CC4CC(CC2(Br)C4)C3(C)C1. The Bertz CT molecular complexity index is 336. The van der Waals surface area contributed by atoms with Crippen molar-refractivity contribution in [2.75, 3.05) is 0 Å². The van der Waals surface area contributed by atoms with Crippen molar-refractivity contribution in [3.8, 4) is 0 Å². The molecule has 5 fully saturated rings. The molecule has 0 amide bonds. The molecule has 0 aromatic carbocycles. The van der Waals surface area contributed by atoms with Crippen molar-refractivity contribution in [3.63, 3.8) is 0 Å². The number of rotatable bonds is 0. The highest BCUT2D eigenvalue weighted by molar-refractivity contribution is 9.10. The van der Waals surface area contributed by atoms with Crippen LogP contribution in [0.3, 0.4) is 0 Å². The summed E-state index contributed by atoms with van der Waals surface area (Å²) in [5.41, 5.74) is 0.719. The summed E-state index contributed by atoms with van der Waals surface area (Å²) >= 11 is 4.20. The average Bonchev–Trinajstić information content (AvgIpc) is 2.17. The Kier molecular flexibility index (Phi) is 1.88. The van der Waals surface area contributed by atoms with Gasteiger partial charge in [0.05, 0.1) is 0 Å². The van der Waals surface area contributed by atoms with E-state index in [0.29, 0.717) is 4.32 Å². The minimum atomic E-state index is 0.567. The molecule has 0 nitrogen and oxygen atoms in total. The number of hydrogen-bond donors (Lipinski definition) is 0. The smallest absolute Gasteiger partial charge is 0.0294 e. The average molecular weight is 283 g/mol. The van der Waals surface area contributed by atoms with E-state index in [-0.39, 0.29) is 0 Å². The molecule has 0 heterocycles. The molecule has 0 aliphatic heterocycles. The first-order chi connectivity index (χ1) is 7.51. The van der Waals surface area contributed by atoms with E-state index >= 15 is 0 Å². The van der Waals surface area contributed by atoms with Crippen LogP contribution in [0.1, 0.15) is 52.4 Å². The highest BCUT2D eigenvalue weighted by Crippen LogP contribution is 2.72. The van der Waals surface area contributed by atoms with Gasteiger partial charge in [0.15, 0.2) is 0 Å². The molecule has 5 aliphatic carbocycles. The van der Waals surface area contributed by atoms with Crippen molar-refractivity contribution in [2.45, 2.75) is 56.7 Å². The normalized spacial score (nSPS) is 67.3. The van der Waals surface area contributed by atoms with Gasteiger partial charge in [0.25, 0.3) is 0 Å². The minimum Gasteiger partial charge on any atom is -0.0850 e. The largest absolute Gasteiger partial charge is 0.0850 e. The van der Waals surface area contributed by atoms with E-state index in [1.165, 1.54) is 25.7 Å². The third kappa shape index (κ3) is 1.07. The first-order valence-electron chi connectivity index (χ1n) is 7.20. The molecule has 1 heteroatoms. The van der Waals surface area contributed by atoms with Crippen LogP contribution >= 0.6 is 15.9 Å². The lowest BCUT2D eigenvalue weighted by Gasteiger charge is -2.70. The van der Waals surface area contributed by atoms with E-state index in [0.717, 1.165) is 35.0 Å². The fourth-order valence-corrected chi connectivity index (χ4v) is 7.76. The third-order valence-corrected chi connectivity index (χ3v) is 8.03. The molecular formula is C15H23Br. The minimum absolute atomic E-state index is 0.567. The molecule has 6 bridgehead atoms. The maximum atomic E-state index is 4.20. The molecule has 0 spiro atoms. The molecule has 0 aromatic heterocycles. The number of hydrogen-bond acceptors (Lipinski definition) is 0. The van der Waals surface area contributed by atoms with E-state index in [9.17, 15) is 0 Å². The molecule has 5 saturated carbocycles. The Hall–Kier alpha value is 0.480. The lowest BCUT2D eigenvalue weighted by Crippen LogP contribution is -2.64. The highest BCUT2D eigenvalue weighted by atomic mass is 79.9. The maximum absolute atomic E-state index is 4.20. The second-order valence-electron chi connectivity index (χ2n) is 7.74. The molecule has 90 valence electrons. The fourth-order valence-electron chi connectivity index (χ4n) is 6.40. The predicted molar refractivity (Wildman–Crippen MR) is 70.6 cm³/mol. The zero-order valence-corrected chi connectivity index (χ0v) is 12.1. The molecular weight excluding hydrogens is 260 g/mol. The molecule has 16 heavy (non-hydrogen) atoms. The predicted octanol–water partition coefficient (Wildman–Crippen LogP) is 4.62. The molecule has 0 radical (unpaired) electrons. The van der Waals surface area contributed by atoms with Crippen LogP contribution < -0.4 is 0 Å². The molecule has 0 saturated heterocycles. The first-order valence-corrected chi connectivity index (χ1v) is 7.99. The van der Waals surface area contributed by atoms with Crippen LogP contribution in [0.25, 0.3) is 0 Å². The van der Waals surface area contributed by atoms with Gasteiger partial charge in [0.1, 0.15) is 0 Å². The zero-order chi connectivity index (χ0) is 11.1. The van der Waals surface area contributed by atoms with Gasteiger partial charge < -0.3 is 0 Å². The maximum Gasteiger partial charge on any atom is 0.0294 e. The second-order valence-corrected chi connectivity index (χ2v) is 9.32. The summed E-state index contributed by atoms with van der Waals surface area (Å²) < 4.78 is 0.567. The zero-order valence-electron chi connectivity index (χ0n) is 10.5. The number of alkyl halides is 1. The van der Waals surface area contributed by atoms with Crippen molar-refractivity contribution in [1.29, 1.82) is 0 Å². The lowest BCUT2D eigenvalue weighted by atomic mass is 9.38. The highest BCUT2D eigenvalue weighted by Gasteiger charge is 2.65. The molecule has 0 aromatic rings. The Balaban J connectivity index is 1.83. The standard InChI is InChI=1S/C15H23Br/c1-9-3-13-12-5-10-4-11(14(12,2)6-9)8-15(13,16)7-10/h9-13H,3-8H2,1-2H3. The van der Waals surface area contributed by atoms with Crippen LogP contribution in [0.2, 0.25) is 0 Å². The Morgan fingerprint density at radius 1 is 1.00 bits per heavy atom. The van der Waals surface area contributed by atoms with Gasteiger partial charge in [0.2, 0.25) is 0 Å². The summed E-state index contributed by atoms with van der Waals surface area (Å²) in [6.07, 6.45) is 9.14. The van der Waals surface area contributed by atoms with Crippen molar-refractivity contribution >= 4 is 15.9 Å². The summed E-state index contributed by atoms with van der Waals surface area (Å²) in [5.74, 6) is 5.16. The molecule has 7 atom stereocenters. The lowest BCUT2D eigenvalue weighted by molar-refractivity contribution is -0.162. The van der Waals surface area contributed by atoms with Crippen LogP contribution in [-0.2, 0) is 0 Å². The van der Waals surface area contributed by atoms with Crippen molar-refractivity contribution < 1.29 is 0 Å². The van der Waals surface area contributed by atoms with Gasteiger partial charge in [-0.1, -0.05) is 29.8 Å². The van der Waals surface area contributed by atoms with E-state index in [4.69, 9.17) is 0 Å². The van der Waals surface area contributed by atoms with E-state index in [1.54, 1.807) is 12.8 Å². The topological polar surface area (TPSA) is 0 Å². The summed E-state index contributed by atoms with van der Waals surface area (Å²) in [4.78, 5) is 0. The summed E-state index contributed by atoms with van der Waals surface area (Å²) in [6, 6.07) is 0. The third-order valence-electron chi connectivity index (χ3n) is 6.79. The van der Waals surface area contributed by atoms with Gasteiger partial charge in [-0.15, -0.1) is 0 Å². The molecule has 7 unspecified atom stereocenters. The molecule has 5 aliphatic rings. The monoisotopic (exact) mass is 282 g/mol. The van der Waals surface area contributed by atoms with Gasteiger partial charge in [-0.2, -0.15) is 0 Å². The fraction of sp³-hybridized carbons (Fsp3) is 1.00. The van der Waals surface area contributed by atoms with Crippen LogP contribution in [0.5, 0.6) is 0 Å². The van der Waals surface area contributed by atoms with Gasteiger partial charge in [-0.25, -0.2) is 0 Å². The van der Waals surface area contributed by atoms with E-state index in [1.807, 2.05) is 0 Å². The first kappa shape index (κ1) is 10.4. The van der Waals surface area contributed by atoms with E-state index < -0.39 is 0 Å². The van der Waals surface area contributed by atoms with Crippen LogP contribution in [0.4, 0.5) is 0 Å². The van der Waals surface area contributed by atoms with Crippen LogP contribution in [0, 0.1) is 35.0 Å². The van der Waals surface area contributed by atoms with Crippen molar-refractivity contribution in [3.05, 3.63) is 0 Å². The summed E-state index contributed by atoms with van der Waals surface area (Å²) in [7, 11) is 0. The molecule has 0 N–H and O–H groups in total. The summed E-state index contributed by atoms with van der Waals surface area (Å²) in [5, 5.41) is 0.